The van der Waals surface area contributed by atoms with Crippen LogP contribution in [0.15, 0.2) is 53.3 Å². The summed E-state index contributed by atoms with van der Waals surface area (Å²) in [6, 6.07) is 14.8. The third-order valence-corrected chi connectivity index (χ3v) is 4.15. The zero-order valence-electron chi connectivity index (χ0n) is 13.5. The Morgan fingerprint density at radius 1 is 1.12 bits per heavy atom. The minimum absolute atomic E-state index is 0.201. The first-order valence-corrected chi connectivity index (χ1v) is 7.82. The summed E-state index contributed by atoms with van der Waals surface area (Å²) in [6.45, 7) is 0. The Kier molecular flexibility index (Phi) is 3.57. The van der Waals surface area contributed by atoms with E-state index in [4.69, 9.17) is 4.74 Å². The highest BCUT2D eigenvalue weighted by atomic mass is 16.5. The second kappa shape index (κ2) is 5.90. The molecule has 0 radical (unpaired) electrons. The molecule has 0 atom stereocenters. The summed E-state index contributed by atoms with van der Waals surface area (Å²) in [6.07, 6.45) is 0.537. The van der Waals surface area contributed by atoms with Gasteiger partial charge in [0.15, 0.2) is 0 Å². The number of rotatable bonds is 3. The lowest BCUT2D eigenvalue weighted by molar-refractivity contribution is 0.0601. The number of carbonyl (C=O) groups is 1. The lowest BCUT2D eigenvalue weighted by Crippen LogP contribution is -2.11. The molecule has 2 heterocycles. The molecule has 25 heavy (non-hydrogen) atoms. The van der Waals surface area contributed by atoms with Gasteiger partial charge in [0, 0.05) is 17.3 Å². The number of ether oxygens (including phenoxy) is 1. The third kappa shape index (κ3) is 2.67. The Morgan fingerprint density at radius 3 is 2.68 bits per heavy atom. The quantitative estimate of drug-likeness (QED) is 0.564. The topological polar surface area (TPSA) is 87.8 Å². The van der Waals surface area contributed by atoms with E-state index in [1.807, 2.05) is 30.3 Å². The molecule has 4 rings (SSSR count). The van der Waals surface area contributed by atoms with Gasteiger partial charge in [-0.05, 0) is 17.7 Å². The Morgan fingerprint density at radius 2 is 1.92 bits per heavy atom. The second-order valence-corrected chi connectivity index (χ2v) is 5.78. The van der Waals surface area contributed by atoms with E-state index in [9.17, 15) is 9.59 Å². The summed E-state index contributed by atoms with van der Waals surface area (Å²) < 4.78 is 4.73. The number of aromatic nitrogens is 3. The van der Waals surface area contributed by atoms with Crippen molar-refractivity contribution >= 4 is 27.9 Å². The van der Waals surface area contributed by atoms with Crippen LogP contribution < -0.4 is 5.56 Å². The first-order valence-electron chi connectivity index (χ1n) is 7.82. The minimum atomic E-state index is -0.424. The standard InChI is InChI=1S/C19H15N3O3/c1-25-19(24)12-7-8-13-14(10-12)20-17-16(13)18(23)22-15(21-17)9-11-5-3-2-4-6-11/h2-8,10H,9H2,1H3,(H2,20,21,22,23). The van der Waals surface area contributed by atoms with Crippen LogP contribution in [-0.2, 0) is 11.2 Å². The van der Waals surface area contributed by atoms with Gasteiger partial charge < -0.3 is 14.7 Å². The first-order chi connectivity index (χ1) is 12.2. The average Bonchev–Trinajstić information content (AvgIpc) is 2.99. The van der Waals surface area contributed by atoms with E-state index >= 15 is 0 Å². The highest BCUT2D eigenvalue weighted by Crippen LogP contribution is 2.23. The number of methoxy groups -OCH3 is 1. The van der Waals surface area contributed by atoms with E-state index in [2.05, 4.69) is 15.0 Å². The summed E-state index contributed by atoms with van der Waals surface area (Å²) in [5.74, 6) is 0.163. The van der Waals surface area contributed by atoms with Gasteiger partial charge in [-0.3, -0.25) is 4.79 Å². The van der Waals surface area contributed by atoms with Gasteiger partial charge in [-0.2, -0.15) is 0 Å². The SMILES string of the molecule is COC(=O)c1ccc2c(c1)[nH]c1nc(Cc3ccccc3)[nH]c(=O)c12. The van der Waals surface area contributed by atoms with Gasteiger partial charge in [0.1, 0.15) is 11.5 Å². The first kappa shape index (κ1) is 15.1. The molecule has 0 unspecified atom stereocenters. The van der Waals surface area contributed by atoms with Crippen LogP contribution in [0.1, 0.15) is 21.7 Å². The Bertz CT molecular complexity index is 1140. The number of aromatic amines is 2. The summed E-state index contributed by atoms with van der Waals surface area (Å²) in [5, 5.41) is 1.21. The number of hydrogen-bond acceptors (Lipinski definition) is 4. The van der Waals surface area contributed by atoms with Crippen molar-refractivity contribution in [3.8, 4) is 0 Å². The molecule has 2 aromatic heterocycles. The van der Waals surface area contributed by atoms with Crippen molar-refractivity contribution in [1.29, 1.82) is 0 Å². The van der Waals surface area contributed by atoms with Gasteiger partial charge in [-0.25, -0.2) is 9.78 Å². The predicted molar refractivity (Wildman–Crippen MR) is 94.8 cm³/mol. The lowest BCUT2D eigenvalue weighted by Gasteiger charge is -2.01. The number of fused-ring (bicyclic) bond motifs is 3. The fraction of sp³-hybridized carbons (Fsp3) is 0.105. The van der Waals surface area contributed by atoms with Gasteiger partial charge in [-0.15, -0.1) is 0 Å². The summed E-state index contributed by atoms with van der Waals surface area (Å²) >= 11 is 0. The van der Waals surface area contributed by atoms with E-state index < -0.39 is 5.97 Å². The van der Waals surface area contributed by atoms with Crippen LogP contribution in [0.25, 0.3) is 21.9 Å². The zero-order chi connectivity index (χ0) is 17.4. The number of nitrogens with zero attached hydrogens (tertiary/aromatic N) is 1. The van der Waals surface area contributed by atoms with Crippen molar-refractivity contribution in [2.75, 3.05) is 7.11 Å². The highest BCUT2D eigenvalue weighted by Gasteiger charge is 2.14. The van der Waals surface area contributed by atoms with Gasteiger partial charge in [0.25, 0.3) is 5.56 Å². The fourth-order valence-corrected chi connectivity index (χ4v) is 2.97. The molecule has 0 saturated carbocycles. The molecule has 0 aliphatic heterocycles. The number of nitrogens with one attached hydrogen (secondary N) is 2. The number of esters is 1. The Labute approximate surface area is 142 Å². The molecule has 0 fully saturated rings. The maximum atomic E-state index is 12.5. The van der Waals surface area contributed by atoms with E-state index in [0.717, 1.165) is 10.9 Å². The number of H-pyrrole nitrogens is 2. The normalized spacial score (nSPS) is 11.1. The molecule has 6 nitrogen and oxygen atoms in total. The van der Waals surface area contributed by atoms with Gasteiger partial charge >= 0.3 is 5.97 Å². The van der Waals surface area contributed by atoms with Crippen molar-refractivity contribution in [2.24, 2.45) is 0 Å². The van der Waals surface area contributed by atoms with E-state index in [1.54, 1.807) is 18.2 Å². The van der Waals surface area contributed by atoms with Crippen molar-refractivity contribution in [1.82, 2.24) is 15.0 Å². The average molecular weight is 333 g/mol. The van der Waals surface area contributed by atoms with Crippen molar-refractivity contribution in [3.63, 3.8) is 0 Å². The molecule has 4 aromatic rings. The molecular formula is C19H15N3O3. The lowest BCUT2D eigenvalue weighted by atomic mass is 10.1. The largest absolute Gasteiger partial charge is 0.465 e. The number of carbonyl (C=O) groups excluding carboxylic acids is 1. The highest BCUT2D eigenvalue weighted by molar-refractivity contribution is 6.07. The molecule has 124 valence electrons. The Hall–Kier alpha value is -3.41. The summed E-state index contributed by atoms with van der Waals surface area (Å²) in [5.41, 5.74) is 2.46. The van der Waals surface area contributed by atoms with Crippen LogP contribution in [0.4, 0.5) is 0 Å². The van der Waals surface area contributed by atoms with Gasteiger partial charge in [-0.1, -0.05) is 36.4 Å². The monoisotopic (exact) mass is 333 g/mol. The van der Waals surface area contributed by atoms with Crippen molar-refractivity contribution < 1.29 is 9.53 Å². The van der Waals surface area contributed by atoms with E-state index in [1.165, 1.54) is 7.11 Å². The van der Waals surface area contributed by atoms with Crippen LogP contribution in [0, 0.1) is 0 Å². The van der Waals surface area contributed by atoms with Gasteiger partial charge in [0.2, 0.25) is 0 Å². The summed E-state index contributed by atoms with van der Waals surface area (Å²) in [7, 11) is 1.33. The second-order valence-electron chi connectivity index (χ2n) is 5.78. The third-order valence-electron chi connectivity index (χ3n) is 4.15. The number of benzene rings is 2. The molecule has 2 aromatic carbocycles. The predicted octanol–water partition coefficient (Wildman–Crippen LogP) is 2.78. The Balaban J connectivity index is 1.84. The number of hydrogen-bond donors (Lipinski definition) is 2. The van der Waals surface area contributed by atoms with E-state index in [-0.39, 0.29) is 5.56 Å². The molecule has 0 spiro atoms. The van der Waals surface area contributed by atoms with E-state index in [0.29, 0.717) is 34.4 Å². The maximum Gasteiger partial charge on any atom is 0.337 e. The zero-order valence-corrected chi connectivity index (χ0v) is 13.5. The van der Waals surface area contributed by atoms with Crippen molar-refractivity contribution in [2.45, 2.75) is 6.42 Å². The molecule has 0 aliphatic rings. The molecule has 0 bridgehead atoms. The van der Waals surface area contributed by atoms with Crippen LogP contribution >= 0.6 is 0 Å². The summed E-state index contributed by atoms with van der Waals surface area (Å²) in [4.78, 5) is 34.7. The van der Waals surface area contributed by atoms with Crippen LogP contribution in [0.2, 0.25) is 0 Å². The maximum absolute atomic E-state index is 12.5. The molecule has 6 heteroatoms. The molecular weight excluding hydrogens is 318 g/mol. The smallest absolute Gasteiger partial charge is 0.337 e. The van der Waals surface area contributed by atoms with Crippen molar-refractivity contribution in [3.05, 3.63) is 75.8 Å². The van der Waals surface area contributed by atoms with Crippen LogP contribution in [0.3, 0.4) is 0 Å². The molecule has 0 aliphatic carbocycles. The fourth-order valence-electron chi connectivity index (χ4n) is 2.97. The van der Waals surface area contributed by atoms with Crippen LogP contribution in [0.5, 0.6) is 0 Å². The molecule has 0 saturated heterocycles. The van der Waals surface area contributed by atoms with Gasteiger partial charge in [0.05, 0.1) is 18.1 Å². The molecule has 0 amide bonds. The molecule has 2 N–H and O–H groups in total. The minimum Gasteiger partial charge on any atom is -0.465 e. The van der Waals surface area contributed by atoms with Crippen LogP contribution in [-0.4, -0.2) is 28.0 Å².